The first kappa shape index (κ1) is 20.5. The predicted octanol–water partition coefficient (Wildman–Crippen LogP) is 5.71. The van der Waals surface area contributed by atoms with Crippen molar-refractivity contribution in [3.05, 3.63) is 65.4 Å². The molecule has 1 aromatic heterocycles. The van der Waals surface area contributed by atoms with Crippen LogP contribution in [0, 0.1) is 25.5 Å². The second-order valence-corrected chi connectivity index (χ2v) is 6.77. The maximum absolute atomic E-state index is 13.4. The van der Waals surface area contributed by atoms with Gasteiger partial charge in [-0.1, -0.05) is 0 Å². The zero-order valence-electron chi connectivity index (χ0n) is 17.1. The fourth-order valence-corrected chi connectivity index (χ4v) is 3.10. The standard InChI is InChI=1S/C22H25F2N5/c1-5-29(6-2)17-8-10-20(14(3)11-17)27-22-25-15(4)12-21(28-22)26-16-7-9-18(23)19(24)13-16/h7-13H,5-6H2,1-4H3,(H2,25,26,27,28). The summed E-state index contributed by atoms with van der Waals surface area (Å²) >= 11 is 0. The molecule has 0 radical (unpaired) electrons. The maximum Gasteiger partial charge on any atom is 0.229 e. The average Bonchev–Trinajstić information content (AvgIpc) is 2.67. The van der Waals surface area contributed by atoms with Crippen molar-refractivity contribution in [2.45, 2.75) is 27.7 Å². The lowest BCUT2D eigenvalue weighted by Gasteiger charge is -2.22. The van der Waals surface area contributed by atoms with Crippen molar-refractivity contribution < 1.29 is 8.78 Å². The van der Waals surface area contributed by atoms with Gasteiger partial charge in [0.1, 0.15) is 5.82 Å². The van der Waals surface area contributed by atoms with Crippen molar-refractivity contribution in [2.75, 3.05) is 28.6 Å². The minimum absolute atomic E-state index is 0.410. The molecule has 3 aromatic rings. The molecule has 152 valence electrons. The van der Waals surface area contributed by atoms with Crippen molar-refractivity contribution in [3.8, 4) is 0 Å². The first-order valence-electron chi connectivity index (χ1n) is 9.60. The van der Waals surface area contributed by atoms with Gasteiger partial charge in [0.25, 0.3) is 0 Å². The summed E-state index contributed by atoms with van der Waals surface area (Å²) in [5.41, 5.74) is 4.31. The molecule has 2 N–H and O–H groups in total. The van der Waals surface area contributed by atoms with E-state index < -0.39 is 11.6 Å². The molecular formula is C22H25F2N5. The summed E-state index contributed by atoms with van der Waals surface area (Å²) in [7, 11) is 0. The number of anilines is 5. The number of halogens is 2. The van der Waals surface area contributed by atoms with Gasteiger partial charge in [0.2, 0.25) is 5.95 Å². The van der Waals surface area contributed by atoms with E-state index in [1.54, 1.807) is 6.07 Å². The van der Waals surface area contributed by atoms with Crippen molar-refractivity contribution in [1.29, 1.82) is 0 Å². The third-order valence-corrected chi connectivity index (χ3v) is 4.63. The van der Waals surface area contributed by atoms with Crippen molar-refractivity contribution >= 4 is 28.8 Å². The molecule has 0 amide bonds. The molecule has 3 rings (SSSR count). The van der Waals surface area contributed by atoms with Crippen LogP contribution >= 0.6 is 0 Å². The molecule has 7 heteroatoms. The van der Waals surface area contributed by atoms with Crippen LogP contribution < -0.4 is 15.5 Å². The molecule has 0 aliphatic heterocycles. The van der Waals surface area contributed by atoms with E-state index >= 15 is 0 Å². The van der Waals surface area contributed by atoms with E-state index in [9.17, 15) is 8.78 Å². The Balaban J connectivity index is 1.82. The van der Waals surface area contributed by atoms with Crippen LogP contribution in [-0.2, 0) is 0 Å². The van der Waals surface area contributed by atoms with Crippen LogP contribution in [0.25, 0.3) is 0 Å². The molecular weight excluding hydrogens is 372 g/mol. The van der Waals surface area contributed by atoms with Crippen LogP contribution in [0.2, 0.25) is 0 Å². The summed E-state index contributed by atoms with van der Waals surface area (Å²) in [6.45, 7) is 10.0. The molecule has 0 aliphatic rings. The summed E-state index contributed by atoms with van der Waals surface area (Å²) in [6, 6.07) is 11.6. The van der Waals surface area contributed by atoms with E-state index in [4.69, 9.17) is 0 Å². The van der Waals surface area contributed by atoms with Crippen LogP contribution in [0.5, 0.6) is 0 Å². The molecule has 0 unspecified atom stereocenters. The number of aryl methyl sites for hydroxylation is 2. The van der Waals surface area contributed by atoms with Crippen LogP contribution in [0.3, 0.4) is 0 Å². The molecule has 0 fully saturated rings. The Morgan fingerprint density at radius 3 is 2.28 bits per heavy atom. The number of rotatable bonds is 7. The number of nitrogens with one attached hydrogen (secondary N) is 2. The number of hydrogen-bond donors (Lipinski definition) is 2. The van der Waals surface area contributed by atoms with Gasteiger partial charge < -0.3 is 15.5 Å². The monoisotopic (exact) mass is 397 g/mol. The molecule has 0 saturated carbocycles. The van der Waals surface area contributed by atoms with Crippen LogP contribution in [-0.4, -0.2) is 23.1 Å². The quantitative estimate of drug-likeness (QED) is 0.535. The molecule has 1 heterocycles. The van der Waals surface area contributed by atoms with Crippen molar-refractivity contribution in [3.63, 3.8) is 0 Å². The van der Waals surface area contributed by atoms with Gasteiger partial charge in [-0.2, -0.15) is 4.98 Å². The highest BCUT2D eigenvalue weighted by atomic mass is 19.2. The molecule has 0 spiro atoms. The zero-order chi connectivity index (χ0) is 21.0. The lowest BCUT2D eigenvalue weighted by atomic mass is 10.1. The Morgan fingerprint density at radius 2 is 1.62 bits per heavy atom. The van der Waals surface area contributed by atoms with Gasteiger partial charge in [0, 0.05) is 48.0 Å². The van der Waals surface area contributed by atoms with Gasteiger partial charge in [-0.15, -0.1) is 0 Å². The summed E-state index contributed by atoms with van der Waals surface area (Å²) in [5.74, 6) is -0.888. The molecule has 29 heavy (non-hydrogen) atoms. The van der Waals surface area contributed by atoms with Gasteiger partial charge in [0.15, 0.2) is 11.6 Å². The SMILES string of the molecule is CCN(CC)c1ccc(Nc2nc(C)cc(Nc3ccc(F)c(F)c3)n2)c(C)c1. The van der Waals surface area contributed by atoms with E-state index in [2.05, 4.69) is 51.5 Å². The van der Waals surface area contributed by atoms with Crippen LogP contribution in [0.4, 0.5) is 37.6 Å². The number of benzene rings is 2. The second-order valence-electron chi connectivity index (χ2n) is 6.77. The lowest BCUT2D eigenvalue weighted by molar-refractivity contribution is 0.509. The highest BCUT2D eigenvalue weighted by Gasteiger charge is 2.09. The Kier molecular flexibility index (Phi) is 6.26. The molecule has 2 aromatic carbocycles. The summed E-state index contributed by atoms with van der Waals surface area (Å²) in [6.07, 6.45) is 0. The number of nitrogens with zero attached hydrogens (tertiary/aromatic N) is 3. The van der Waals surface area contributed by atoms with E-state index in [1.165, 1.54) is 11.8 Å². The van der Waals surface area contributed by atoms with Crippen molar-refractivity contribution in [2.24, 2.45) is 0 Å². The third kappa shape index (κ3) is 4.99. The third-order valence-electron chi connectivity index (χ3n) is 4.63. The summed E-state index contributed by atoms with van der Waals surface area (Å²) in [4.78, 5) is 11.2. The average molecular weight is 397 g/mol. The first-order valence-corrected chi connectivity index (χ1v) is 9.60. The Bertz CT molecular complexity index is 1000. The van der Waals surface area contributed by atoms with E-state index in [1.807, 2.05) is 19.9 Å². The minimum Gasteiger partial charge on any atom is -0.372 e. The minimum atomic E-state index is -0.914. The highest BCUT2D eigenvalue weighted by molar-refractivity contribution is 5.65. The van der Waals surface area contributed by atoms with Gasteiger partial charge in [0.05, 0.1) is 0 Å². The second kappa shape index (κ2) is 8.86. The Labute approximate surface area is 169 Å². The molecule has 0 atom stereocenters. The lowest BCUT2D eigenvalue weighted by Crippen LogP contribution is -2.21. The van der Waals surface area contributed by atoms with Crippen LogP contribution in [0.15, 0.2) is 42.5 Å². The van der Waals surface area contributed by atoms with E-state index in [0.29, 0.717) is 17.5 Å². The van der Waals surface area contributed by atoms with Gasteiger partial charge >= 0.3 is 0 Å². The fraction of sp³-hybridized carbons (Fsp3) is 0.273. The number of aromatic nitrogens is 2. The van der Waals surface area contributed by atoms with E-state index in [-0.39, 0.29) is 0 Å². The zero-order valence-corrected chi connectivity index (χ0v) is 17.1. The molecule has 0 aliphatic carbocycles. The molecule has 5 nitrogen and oxygen atoms in total. The fourth-order valence-electron chi connectivity index (χ4n) is 3.10. The normalized spacial score (nSPS) is 10.7. The van der Waals surface area contributed by atoms with Gasteiger partial charge in [-0.25, -0.2) is 13.8 Å². The largest absolute Gasteiger partial charge is 0.372 e. The maximum atomic E-state index is 13.4. The first-order chi connectivity index (χ1) is 13.9. The summed E-state index contributed by atoms with van der Waals surface area (Å²) < 4.78 is 26.6. The highest BCUT2D eigenvalue weighted by Crippen LogP contribution is 2.26. The molecule has 0 bridgehead atoms. The van der Waals surface area contributed by atoms with Gasteiger partial charge in [-0.05, 0) is 63.6 Å². The van der Waals surface area contributed by atoms with Crippen LogP contribution in [0.1, 0.15) is 25.1 Å². The predicted molar refractivity (Wildman–Crippen MR) is 114 cm³/mol. The van der Waals surface area contributed by atoms with Gasteiger partial charge in [-0.3, -0.25) is 0 Å². The topological polar surface area (TPSA) is 53.1 Å². The summed E-state index contributed by atoms with van der Waals surface area (Å²) in [5, 5.41) is 6.24. The number of hydrogen-bond acceptors (Lipinski definition) is 5. The smallest absolute Gasteiger partial charge is 0.229 e. The van der Waals surface area contributed by atoms with E-state index in [0.717, 1.165) is 42.2 Å². The van der Waals surface area contributed by atoms with Crippen molar-refractivity contribution in [1.82, 2.24) is 9.97 Å². The Morgan fingerprint density at radius 1 is 0.862 bits per heavy atom. The Hall–Kier alpha value is -3.22. The molecule has 0 saturated heterocycles.